The molecule has 0 aliphatic carbocycles. The van der Waals surface area contributed by atoms with Crippen LogP contribution in [0.4, 0.5) is 20.8 Å². The number of carbonyl (C=O) groups excluding carboxylic acids is 1. The van der Waals surface area contributed by atoms with Gasteiger partial charge in [-0.15, -0.1) is 11.3 Å². The molecule has 13 heteroatoms. The second-order valence-corrected chi connectivity index (χ2v) is 12.2. The number of likely N-dealkylation sites (tertiary alicyclic amines) is 1. The number of hydrogen-bond acceptors (Lipinski definition) is 9. The maximum absolute atomic E-state index is 14.5. The van der Waals surface area contributed by atoms with E-state index in [1.165, 1.54) is 16.2 Å². The zero-order valence-electron chi connectivity index (χ0n) is 23.3. The van der Waals surface area contributed by atoms with Crippen LogP contribution in [0.1, 0.15) is 32.2 Å². The van der Waals surface area contributed by atoms with Crippen molar-refractivity contribution >= 4 is 47.0 Å². The average Bonchev–Trinajstić information content (AvgIpc) is 3.22. The first-order valence-corrected chi connectivity index (χ1v) is 13.9. The van der Waals surface area contributed by atoms with Crippen LogP contribution in [-0.2, 0) is 4.74 Å². The van der Waals surface area contributed by atoms with Gasteiger partial charge in [-0.25, -0.2) is 29.1 Å². The number of alkyl halides is 1. The SMILES string of the molecule is Cc1nc(Oc2ccc(/N=C/N(C)C)c(Cl)c2)c(-c2ccnc(N[C@H]3C[C@H](F)CN(C(=O)OC(C)(C)C)C3)n2)s1. The molecule has 0 unspecified atom stereocenters. The highest BCUT2D eigenvalue weighted by atomic mass is 35.5. The number of hydrogen-bond donors (Lipinski definition) is 1. The molecule has 0 spiro atoms. The number of nitrogens with zero attached hydrogens (tertiary/aromatic N) is 6. The summed E-state index contributed by atoms with van der Waals surface area (Å²) in [6, 6.07) is 6.59. The number of rotatable bonds is 7. The number of nitrogens with one attached hydrogen (secondary N) is 1. The van der Waals surface area contributed by atoms with Gasteiger partial charge < -0.3 is 24.6 Å². The van der Waals surface area contributed by atoms with E-state index in [2.05, 4.69) is 25.3 Å². The smallest absolute Gasteiger partial charge is 0.410 e. The summed E-state index contributed by atoms with van der Waals surface area (Å²) in [5, 5.41) is 4.41. The number of carbonyl (C=O) groups is 1. The number of aromatic nitrogens is 3. The topological polar surface area (TPSA) is 105 Å². The third-order valence-corrected chi connectivity index (χ3v) is 6.81. The fourth-order valence-electron chi connectivity index (χ4n) is 3.94. The van der Waals surface area contributed by atoms with E-state index in [9.17, 15) is 9.18 Å². The summed E-state index contributed by atoms with van der Waals surface area (Å²) in [4.78, 5) is 34.3. The molecule has 1 amide bonds. The molecule has 1 saturated heterocycles. The molecule has 10 nitrogen and oxygen atoms in total. The number of piperidine rings is 1. The molecule has 2 aromatic heterocycles. The van der Waals surface area contributed by atoms with Crippen LogP contribution in [0.5, 0.6) is 11.6 Å². The van der Waals surface area contributed by atoms with Crippen LogP contribution in [0.2, 0.25) is 5.02 Å². The third-order valence-electron chi connectivity index (χ3n) is 5.54. The quantitative estimate of drug-likeness (QED) is 0.252. The van der Waals surface area contributed by atoms with E-state index in [0.717, 1.165) is 5.01 Å². The minimum Gasteiger partial charge on any atom is -0.444 e. The number of anilines is 1. The molecule has 1 aromatic carbocycles. The second kappa shape index (κ2) is 12.3. The van der Waals surface area contributed by atoms with Crippen molar-refractivity contribution in [3.8, 4) is 22.2 Å². The summed E-state index contributed by atoms with van der Waals surface area (Å²) in [6.07, 6.45) is 1.75. The molecule has 214 valence electrons. The van der Waals surface area contributed by atoms with Gasteiger partial charge in [-0.1, -0.05) is 11.6 Å². The highest BCUT2D eigenvalue weighted by molar-refractivity contribution is 7.15. The number of benzene rings is 1. The number of halogens is 2. The molecule has 1 N–H and O–H groups in total. The first kappa shape index (κ1) is 29.5. The van der Waals surface area contributed by atoms with Crippen molar-refractivity contribution in [2.45, 2.75) is 51.9 Å². The first-order valence-electron chi connectivity index (χ1n) is 12.7. The van der Waals surface area contributed by atoms with Crippen molar-refractivity contribution in [2.24, 2.45) is 4.99 Å². The van der Waals surface area contributed by atoms with E-state index in [1.54, 1.807) is 57.6 Å². The van der Waals surface area contributed by atoms with Crippen LogP contribution in [0.25, 0.3) is 10.6 Å². The monoisotopic (exact) mass is 589 g/mol. The number of thiazole rings is 1. The van der Waals surface area contributed by atoms with Gasteiger partial charge in [-0.05, 0) is 45.9 Å². The van der Waals surface area contributed by atoms with Gasteiger partial charge >= 0.3 is 6.09 Å². The lowest BCUT2D eigenvalue weighted by molar-refractivity contribution is 0.0124. The Morgan fingerprint density at radius 2 is 2.05 bits per heavy atom. The van der Waals surface area contributed by atoms with E-state index in [0.29, 0.717) is 38.9 Å². The molecule has 3 aromatic rings. The summed E-state index contributed by atoms with van der Waals surface area (Å²) in [6.45, 7) is 7.47. The lowest BCUT2D eigenvalue weighted by atomic mass is 10.0. The second-order valence-electron chi connectivity index (χ2n) is 10.6. The zero-order chi connectivity index (χ0) is 29.0. The van der Waals surface area contributed by atoms with E-state index in [4.69, 9.17) is 21.1 Å². The molecule has 4 rings (SSSR count). The van der Waals surface area contributed by atoms with E-state index >= 15 is 0 Å². The highest BCUT2D eigenvalue weighted by Crippen LogP contribution is 2.39. The van der Waals surface area contributed by atoms with Crippen molar-refractivity contribution in [2.75, 3.05) is 32.5 Å². The van der Waals surface area contributed by atoms with Gasteiger partial charge in [0.2, 0.25) is 11.8 Å². The normalized spacial score (nSPS) is 17.6. The van der Waals surface area contributed by atoms with Crippen LogP contribution in [0, 0.1) is 6.92 Å². The Kier molecular flexibility index (Phi) is 9.09. The Morgan fingerprint density at radius 1 is 1.27 bits per heavy atom. The lowest BCUT2D eigenvalue weighted by Crippen LogP contribution is -2.51. The van der Waals surface area contributed by atoms with E-state index in [-0.39, 0.29) is 25.6 Å². The molecule has 3 heterocycles. The Morgan fingerprint density at radius 3 is 2.75 bits per heavy atom. The fraction of sp³-hybridized carbons (Fsp3) is 0.444. The maximum atomic E-state index is 14.5. The summed E-state index contributed by atoms with van der Waals surface area (Å²) in [5.41, 5.74) is 0.543. The van der Waals surface area contributed by atoms with E-state index < -0.39 is 17.9 Å². The number of aliphatic imine (C=N–C) groups is 1. The molecule has 1 fully saturated rings. The Labute approximate surface area is 242 Å². The summed E-state index contributed by atoms with van der Waals surface area (Å²) in [5.74, 6) is 1.19. The maximum Gasteiger partial charge on any atom is 0.410 e. The van der Waals surface area contributed by atoms with Crippen molar-refractivity contribution in [1.82, 2.24) is 24.8 Å². The number of ether oxygens (including phenoxy) is 2. The summed E-state index contributed by atoms with van der Waals surface area (Å²) in [7, 11) is 3.75. The van der Waals surface area contributed by atoms with Gasteiger partial charge in [0.25, 0.3) is 0 Å². The number of aryl methyl sites for hydroxylation is 1. The lowest BCUT2D eigenvalue weighted by Gasteiger charge is -2.36. The van der Waals surface area contributed by atoms with Gasteiger partial charge in [0, 0.05) is 45.4 Å². The summed E-state index contributed by atoms with van der Waals surface area (Å²) < 4.78 is 26.1. The van der Waals surface area contributed by atoms with E-state index in [1.807, 2.05) is 25.9 Å². The molecule has 0 radical (unpaired) electrons. The Hall–Kier alpha value is -3.51. The van der Waals surface area contributed by atoms with Gasteiger partial charge in [0.05, 0.1) is 34.3 Å². The van der Waals surface area contributed by atoms with Crippen LogP contribution in [0.15, 0.2) is 35.5 Å². The minimum atomic E-state index is -1.20. The predicted molar refractivity (Wildman–Crippen MR) is 156 cm³/mol. The standard InChI is InChI=1S/C27H33ClFN7O3S/c1-16-32-24(38-19-7-8-21(20(28)12-19)31-15-35(5)6)23(40-16)22-9-10-30-25(34-22)33-18-11-17(29)13-36(14-18)26(37)39-27(2,3)4/h7-10,12,15,17-18H,11,13-14H2,1-6H3,(H,30,33,34)/b31-15+/t17-,18-/m0/s1. The van der Waals surface area contributed by atoms with Crippen LogP contribution in [-0.4, -0.2) is 82.2 Å². The van der Waals surface area contributed by atoms with Crippen molar-refractivity contribution < 1.29 is 18.7 Å². The molecular formula is C27H33ClFN7O3S. The van der Waals surface area contributed by atoms with Gasteiger partial charge in [0.1, 0.15) is 22.4 Å². The molecule has 0 saturated carbocycles. The molecular weight excluding hydrogens is 557 g/mol. The van der Waals surface area contributed by atoms with Gasteiger partial charge in [-0.2, -0.15) is 0 Å². The van der Waals surface area contributed by atoms with Gasteiger partial charge in [-0.3, -0.25) is 0 Å². The van der Waals surface area contributed by atoms with Crippen LogP contribution < -0.4 is 10.1 Å². The summed E-state index contributed by atoms with van der Waals surface area (Å²) >= 11 is 7.83. The molecule has 40 heavy (non-hydrogen) atoms. The van der Waals surface area contributed by atoms with Gasteiger partial charge in [0.15, 0.2) is 0 Å². The number of amides is 1. The van der Waals surface area contributed by atoms with Crippen molar-refractivity contribution in [3.05, 3.63) is 40.5 Å². The molecule has 1 aliphatic heterocycles. The largest absolute Gasteiger partial charge is 0.444 e. The van der Waals surface area contributed by atoms with Crippen molar-refractivity contribution in [3.63, 3.8) is 0 Å². The minimum absolute atomic E-state index is 0.0121. The third kappa shape index (κ3) is 8.01. The predicted octanol–water partition coefficient (Wildman–Crippen LogP) is 6.34. The fourth-order valence-corrected chi connectivity index (χ4v) is 4.98. The first-order chi connectivity index (χ1) is 18.9. The van der Waals surface area contributed by atoms with Crippen LogP contribution >= 0.6 is 22.9 Å². The molecule has 0 bridgehead atoms. The van der Waals surface area contributed by atoms with Crippen LogP contribution in [0.3, 0.4) is 0 Å². The Balaban J connectivity index is 1.50. The Bertz CT molecular complexity index is 1380. The average molecular weight is 590 g/mol. The highest BCUT2D eigenvalue weighted by Gasteiger charge is 2.33. The molecule has 2 atom stereocenters. The van der Waals surface area contributed by atoms with Crippen molar-refractivity contribution in [1.29, 1.82) is 0 Å². The molecule has 1 aliphatic rings. The zero-order valence-corrected chi connectivity index (χ0v) is 24.9.